The third kappa shape index (κ3) is 4.43. The van der Waals surface area contributed by atoms with Crippen molar-refractivity contribution < 1.29 is 14.3 Å². The monoisotopic (exact) mass is 486 g/mol. The van der Waals surface area contributed by atoms with Gasteiger partial charge in [-0.25, -0.2) is 4.99 Å². The average molecular weight is 488 g/mol. The lowest BCUT2D eigenvalue weighted by atomic mass is 10.2. The van der Waals surface area contributed by atoms with Gasteiger partial charge in [0.05, 0.1) is 39.3 Å². The second-order valence-corrected chi connectivity index (χ2v) is 7.92. The molecule has 2 aromatic rings. The fourth-order valence-corrected chi connectivity index (χ4v) is 4.04. The van der Waals surface area contributed by atoms with Crippen LogP contribution in [0.3, 0.4) is 0 Å². The number of carbonyl (C=O) groups excluding carboxylic acids is 1. The van der Waals surface area contributed by atoms with Crippen LogP contribution in [0.2, 0.25) is 10.0 Å². The number of methoxy groups -OCH3 is 2. The summed E-state index contributed by atoms with van der Waals surface area (Å²) < 4.78 is 11.3. The number of nitrogens with zero attached hydrogens (tertiary/aromatic N) is 1. The molecule has 0 spiro atoms. The summed E-state index contributed by atoms with van der Waals surface area (Å²) in [7, 11) is 3.12. The van der Waals surface area contributed by atoms with E-state index in [0.29, 0.717) is 41.8 Å². The molecule has 0 bridgehead atoms. The number of thioether (sulfide) groups is 1. The smallest absolute Gasteiger partial charge is 0.264 e. The van der Waals surface area contributed by atoms with Crippen molar-refractivity contribution in [2.24, 2.45) is 4.99 Å². The van der Waals surface area contributed by atoms with Crippen LogP contribution in [0.15, 0.2) is 44.7 Å². The molecule has 1 heterocycles. The van der Waals surface area contributed by atoms with E-state index >= 15 is 0 Å². The number of hydrogen-bond acceptors (Lipinski definition) is 5. The number of nitrogens with one attached hydrogen (secondary N) is 1. The van der Waals surface area contributed by atoms with E-state index in [1.54, 1.807) is 44.6 Å². The first-order valence-electron chi connectivity index (χ1n) is 7.58. The van der Waals surface area contributed by atoms with Crippen LogP contribution in [0.1, 0.15) is 5.56 Å². The molecule has 0 unspecified atom stereocenters. The van der Waals surface area contributed by atoms with Crippen LogP contribution in [0, 0.1) is 0 Å². The molecule has 1 fully saturated rings. The molecular formula is C18H13BrCl2N2O3S. The maximum Gasteiger partial charge on any atom is 0.264 e. The minimum Gasteiger partial charge on any atom is -0.493 e. The first kappa shape index (κ1) is 20.1. The van der Waals surface area contributed by atoms with Crippen molar-refractivity contribution in [3.63, 3.8) is 0 Å². The van der Waals surface area contributed by atoms with Gasteiger partial charge in [0.2, 0.25) is 0 Å². The number of benzene rings is 2. The third-order valence-corrected chi connectivity index (χ3v) is 6.05. The van der Waals surface area contributed by atoms with Gasteiger partial charge >= 0.3 is 0 Å². The van der Waals surface area contributed by atoms with Crippen LogP contribution in [0.25, 0.3) is 6.08 Å². The molecule has 140 valence electrons. The highest BCUT2D eigenvalue weighted by Gasteiger charge is 2.24. The molecule has 1 N–H and O–H groups in total. The predicted octanol–water partition coefficient (Wildman–Crippen LogP) is 5.66. The Hall–Kier alpha value is -1.67. The molecule has 2 aromatic carbocycles. The van der Waals surface area contributed by atoms with Gasteiger partial charge in [0.25, 0.3) is 5.91 Å². The van der Waals surface area contributed by atoms with Crippen molar-refractivity contribution in [2.45, 2.75) is 0 Å². The molecule has 0 atom stereocenters. The Morgan fingerprint density at radius 1 is 1.15 bits per heavy atom. The predicted molar refractivity (Wildman–Crippen MR) is 115 cm³/mol. The molecular weight excluding hydrogens is 475 g/mol. The number of amides is 1. The van der Waals surface area contributed by atoms with Crippen LogP contribution < -0.4 is 14.8 Å². The summed E-state index contributed by atoms with van der Waals surface area (Å²) in [5, 5.41) is 4.04. The first-order valence-corrected chi connectivity index (χ1v) is 9.94. The van der Waals surface area contributed by atoms with Gasteiger partial charge in [0, 0.05) is 0 Å². The zero-order valence-electron chi connectivity index (χ0n) is 14.2. The summed E-state index contributed by atoms with van der Waals surface area (Å²) >= 11 is 16.6. The van der Waals surface area contributed by atoms with Crippen molar-refractivity contribution in [3.8, 4) is 11.5 Å². The van der Waals surface area contributed by atoms with E-state index in [1.165, 1.54) is 11.8 Å². The largest absolute Gasteiger partial charge is 0.493 e. The zero-order chi connectivity index (χ0) is 19.6. The molecule has 3 rings (SSSR count). The fraction of sp³-hybridized carbons (Fsp3) is 0.111. The van der Waals surface area contributed by atoms with Gasteiger partial charge in [-0.05, 0) is 69.7 Å². The molecule has 1 amide bonds. The Kier molecular flexibility index (Phi) is 6.37. The zero-order valence-corrected chi connectivity index (χ0v) is 18.1. The second-order valence-electron chi connectivity index (χ2n) is 5.28. The third-order valence-electron chi connectivity index (χ3n) is 3.59. The molecule has 1 aliphatic heterocycles. The highest BCUT2D eigenvalue weighted by molar-refractivity contribution is 9.10. The summed E-state index contributed by atoms with van der Waals surface area (Å²) in [6.45, 7) is 0. The van der Waals surface area contributed by atoms with E-state index in [9.17, 15) is 4.79 Å². The number of rotatable bonds is 4. The van der Waals surface area contributed by atoms with E-state index in [0.717, 1.165) is 5.56 Å². The molecule has 27 heavy (non-hydrogen) atoms. The van der Waals surface area contributed by atoms with Crippen LogP contribution >= 0.6 is 50.9 Å². The summed E-state index contributed by atoms with van der Waals surface area (Å²) in [4.78, 5) is 17.2. The highest BCUT2D eigenvalue weighted by atomic mass is 79.9. The number of hydrogen-bond donors (Lipinski definition) is 1. The number of amidine groups is 1. The summed E-state index contributed by atoms with van der Waals surface area (Å²) in [6.07, 6.45) is 1.75. The number of ether oxygens (including phenoxy) is 2. The summed E-state index contributed by atoms with van der Waals surface area (Å²) in [5.41, 5.74) is 1.38. The summed E-state index contributed by atoms with van der Waals surface area (Å²) in [6, 6.07) is 8.62. The van der Waals surface area contributed by atoms with Crippen molar-refractivity contribution in [1.82, 2.24) is 5.32 Å². The second kappa shape index (κ2) is 8.56. The van der Waals surface area contributed by atoms with Gasteiger partial charge in [-0.1, -0.05) is 23.2 Å². The Morgan fingerprint density at radius 2 is 1.93 bits per heavy atom. The topological polar surface area (TPSA) is 59.9 Å². The van der Waals surface area contributed by atoms with E-state index < -0.39 is 0 Å². The minimum atomic E-state index is -0.236. The lowest BCUT2D eigenvalue weighted by Crippen LogP contribution is -2.19. The molecule has 0 aromatic heterocycles. The normalized spacial score (nSPS) is 16.7. The van der Waals surface area contributed by atoms with Gasteiger partial charge in [-0.2, -0.15) is 0 Å². The molecule has 0 aliphatic carbocycles. The average Bonchev–Trinajstić information content (AvgIpc) is 2.98. The maximum absolute atomic E-state index is 12.3. The van der Waals surface area contributed by atoms with Gasteiger partial charge < -0.3 is 14.8 Å². The molecule has 0 radical (unpaired) electrons. The van der Waals surface area contributed by atoms with Crippen molar-refractivity contribution in [1.29, 1.82) is 0 Å². The standard InChI is InChI=1S/C18H13BrCl2N2O3S/c1-25-13-6-3-9(15(19)16(13)26-2)7-14-17(24)23-18(27-14)22-10-4-5-11(20)12(21)8-10/h3-8H,1-2H3,(H,22,23,24)/b14-7+. The molecule has 5 nitrogen and oxygen atoms in total. The van der Waals surface area contributed by atoms with Crippen LogP contribution in [-0.4, -0.2) is 25.3 Å². The Balaban J connectivity index is 1.89. The van der Waals surface area contributed by atoms with Crippen LogP contribution in [-0.2, 0) is 4.79 Å². The van der Waals surface area contributed by atoms with Crippen molar-refractivity contribution >= 4 is 73.7 Å². The minimum absolute atomic E-state index is 0.236. The van der Waals surface area contributed by atoms with Gasteiger partial charge in [0.1, 0.15) is 0 Å². The Bertz CT molecular complexity index is 979. The molecule has 9 heteroatoms. The van der Waals surface area contributed by atoms with E-state index in [2.05, 4.69) is 26.2 Å². The van der Waals surface area contributed by atoms with Crippen LogP contribution in [0.5, 0.6) is 11.5 Å². The quantitative estimate of drug-likeness (QED) is 0.565. The van der Waals surface area contributed by atoms with Crippen LogP contribution in [0.4, 0.5) is 5.69 Å². The lowest BCUT2D eigenvalue weighted by Gasteiger charge is -2.11. The highest BCUT2D eigenvalue weighted by Crippen LogP contribution is 2.39. The van der Waals surface area contributed by atoms with E-state index in [-0.39, 0.29) is 5.91 Å². The summed E-state index contributed by atoms with van der Waals surface area (Å²) in [5.74, 6) is 0.914. The number of halogens is 3. The van der Waals surface area contributed by atoms with Crippen molar-refractivity contribution in [2.75, 3.05) is 14.2 Å². The Morgan fingerprint density at radius 3 is 2.59 bits per heavy atom. The Labute approximate surface area is 178 Å². The maximum atomic E-state index is 12.3. The fourth-order valence-electron chi connectivity index (χ4n) is 2.31. The van der Waals surface area contributed by atoms with Gasteiger partial charge in [-0.3, -0.25) is 4.79 Å². The molecule has 1 saturated heterocycles. The first-order chi connectivity index (χ1) is 12.9. The van der Waals surface area contributed by atoms with Gasteiger partial charge in [-0.15, -0.1) is 0 Å². The lowest BCUT2D eigenvalue weighted by molar-refractivity contribution is -0.115. The number of carbonyl (C=O) groups is 1. The number of aliphatic imine (C=N–C) groups is 1. The molecule has 0 saturated carbocycles. The van der Waals surface area contributed by atoms with E-state index in [4.69, 9.17) is 32.7 Å². The molecule has 1 aliphatic rings. The van der Waals surface area contributed by atoms with Crippen molar-refractivity contribution in [3.05, 3.63) is 55.3 Å². The van der Waals surface area contributed by atoms with Gasteiger partial charge in [0.15, 0.2) is 16.7 Å². The van der Waals surface area contributed by atoms with E-state index in [1.807, 2.05) is 6.07 Å². The SMILES string of the molecule is COc1ccc(/C=C2/SC(=Nc3ccc(Cl)c(Cl)c3)NC2=O)c(Br)c1OC.